The Morgan fingerprint density at radius 3 is 2.75 bits per heavy atom. The van der Waals surface area contributed by atoms with Crippen LogP contribution in [-0.2, 0) is 0 Å². The fourth-order valence-corrected chi connectivity index (χ4v) is 1.83. The molecule has 0 amide bonds. The molecule has 66 valence electrons. The Balaban J connectivity index is 2.77. The van der Waals surface area contributed by atoms with Crippen LogP contribution in [0.15, 0.2) is 28.5 Å². The SMILES string of the molecule is CNC(C=C(C)C)c1ccsc1. The van der Waals surface area contributed by atoms with Crippen LogP contribution >= 0.6 is 11.3 Å². The predicted octanol–water partition coefficient (Wildman–Crippen LogP) is 2.97. The van der Waals surface area contributed by atoms with E-state index in [-0.39, 0.29) is 0 Å². The van der Waals surface area contributed by atoms with Gasteiger partial charge in [0.2, 0.25) is 0 Å². The highest BCUT2D eigenvalue weighted by molar-refractivity contribution is 7.07. The normalized spacial score (nSPS) is 12.6. The van der Waals surface area contributed by atoms with E-state index in [0.717, 1.165) is 0 Å². The van der Waals surface area contributed by atoms with E-state index in [1.807, 2.05) is 7.05 Å². The first kappa shape index (κ1) is 9.49. The van der Waals surface area contributed by atoms with Crippen molar-refractivity contribution >= 4 is 11.3 Å². The Hall–Kier alpha value is -0.600. The molecule has 12 heavy (non-hydrogen) atoms. The fraction of sp³-hybridized carbons (Fsp3) is 0.400. The van der Waals surface area contributed by atoms with E-state index in [1.165, 1.54) is 11.1 Å². The molecule has 1 aromatic rings. The van der Waals surface area contributed by atoms with E-state index in [1.54, 1.807) is 11.3 Å². The van der Waals surface area contributed by atoms with Crippen LogP contribution in [0.25, 0.3) is 0 Å². The molecule has 2 heteroatoms. The lowest BCUT2D eigenvalue weighted by atomic mass is 10.1. The molecule has 0 saturated carbocycles. The van der Waals surface area contributed by atoms with Gasteiger partial charge in [0, 0.05) is 0 Å². The van der Waals surface area contributed by atoms with Crippen LogP contribution in [-0.4, -0.2) is 7.05 Å². The lowest BCUT2D eigenvalue weighted by Gasteiger charge is -2.10. The lowest BCUT2D eigenvalue weighted by Crippen LogP contribution is -2.13. The van der Waals surface area contributed by atoms with E-state index in [2.05, 4.69) is 42.1 Å². The third-order valence-electron chi connectivity index (χ3n) is 1.71. The number of rotatable bonds is 3. The molecule has 0 aliphatic rings. The van der Waals surface area contributed by atoms with Crippen LogP contribution < -0.4 is 5.32 Å². The van der Waals surface area contributed by atoms with Crippen molar-refractivity contribution in [1.29, 1.82) is 0 Å². The van der Waals surface area contributed by atoms with E-state index < -0.39 is 0 Å². The first-order valence-electron chi connectivity index (χ1n) is 4.08. The molecule has 1 aromatic heterocycles. The summed E-state index contributed by atoms with van der Waals surface area (Å²) in [6.07, 6.45) is 2.24. The average Bonchev–Trinajstić information content (AvgIpc) is 2.51. The van der Waals surface area contributed by atoms with Crippen molar-refractivity contribution in [3.8, 4) is 0 Å². The molecule has 0 aliphatic carbocycles. The zero-order valence-corrected chi connectivity index (χ0v) is 8.61. The van der Waals surface area contributed by atoms with Crippen molar-refractivity contribution in [2.45, 2.75) is 19.9 Å². The van der Waals surface area contributed by atoms with Gasteiger partial charge < -0.3 is 5.32 Å². The van der Waals surface area contributed by atoms with E-state index >= 15 is 0 Å². The molecular weight excluding hydrogens is 166 g/mol. The molecule has 1 unspecified atom stereocenters. The van der Waals surface area contributed by atoms with Crippen LogP contribution in [0.2, 0.25) is 0 Å². The number of likely N-dealkylation sites (N-methyl/N-ethyl adjacent to an activating group) is 1. The summed E-state index contributed by atoms with van der Waals surface area (Å²) in [5, 5.41) is 7.56. The third kappa shape index (κ3) is 2.47. The molecule has 0 radical (unpaired) electrons. The summed E-state index contributed by atoms with van der Waals surface area (Å²) in [5.41, 5.74) is 2.70. The highest BCUT2D eigenvalue weighted by atomic mass is 32.1. The second-order valence-corrected chi connectivity index (χ2v) is 3.85. The molecule has 0 fully saturated rings. The smallest absolute Gasteiger partial charge is 0.0514 e. The van der Waals surface area contributed by atoms with Gasteiger partial charge in [-0.3, -0.25) is 0 Å². The standard InChI is InChI=1S/C10H15NS/c1-8(2)6-10(11-3)9-4-5-12-7-9/h4-7,10-11H,1-3H3. The van der Waals surface area contributed by atoms with Crippen molar-refractivity contribution < 1.29 is 0 Å². The van der Waals surface area contributed by atoms with Gasteiger partial charge in [0.25, 0.3) is 0 Å². The number of hydrogen-bond donors (Lipinski definition) is 1. The largest absolute Gasteiger partial charge is 0.310 e. The van der Waals surface area contributed by atoms with Crippen LogP contribution in [0.4, 0.5) is 0 Å². The Labute approximate surface area is 78.1 Å². The van der Waals surface area contributed by atoms with Crippen molar-refractivity contribution in [3.05, 3.63) is 34.0 Å². The van der Waals surface area contributed by atoms with Crippen LogP contribution in [0.1, 0.15) is 25.5 Å². The molecule has 0 bridgehead atoms. The van der Waals surface area contributed by atoms with Crippen molar-refractivity contribution in [1.82, 2.24) is 5.32 Å². The zero-order valence-electron chi connectivity index (χ0n) is 7.79. The minimum atomic E-state index is 0.376. The van der Waals surface area contributed by atoms with Crippen molar-refractivity contribution in [2.24, 2.45) is 0 Å². The van der Waals surface area contributed by atoms with Gasteiger partial charge in [-0.15, -0.1) is 0 Å². The number of allylic oxidation sites excluding steroid dienone is 1. The predicted molar refractivity (Wildman–Crippen MR) is 55.6 cm³/mol. The summed E-state index contributed by atoms with van der Waals surface area (Å²) in [6, 6.07) is 2.53. The Morgan fingerprint density at radius 1 is 1.58 bits per heavy atom. The summed E-state index contributed by atoms with van der Waals surface area (Å²) in [7, 11) is 1.99. The van der Waals surface area contributed by atoms with Gasteiger partial charge in [0.15, 0.2) is 0 Å². The van der Waals surface area contributed by atoms with Crippen LogP contribution in [0.3, 0.4) is 0 Å². The minimum absolute atomic E-state index is 0.376. The monoisotopic (exact) mass is 181 g/mol. The maximum absolute atomic E-state index is 3.27. The maximum atomic E-state index is 3.27. The molecular formula is C10H15NS. The van der Waals surface area contributed by atoms with Crippen LogP contribution in [0.5, 0.6) is 0 Å². The number of hydrogen-bond acceptors (Lipinski definition) is 2. The van der Waals surface area contributed by atoms with Gasteiger partial charge in [0.05, 0.1) is 6.04 Å². The van der Waals surface area contributed by atoms with Crippen molar-refractivity contribution in [2.75, 3.05) is 7.05 Å². The first-order chi connectivity index (χ1) is 5.74. The highest BCUT2D eigenvalue weighted by Crippen LogP contribution is 2.18. The molecule has 1 rings (SSSR count). The molecule has 0 aromatic carbocycles. The van der Waals surface area contributed by atoms with E-state index in [4.69, 9.17) is 0 Å². The van der Waals surface area contributed by atoms with Gasteiger partial charge >= 0.3 is 0 Å². The van der Waals surface area contributed by atoms with Crippen molar-refractivity contribution in [3.63, 3.8) is 0 Å². The lowest BCUT2D eigenvalue weighted by molar-refractivity contribution is 0.712. The molecule has 0 spiro atoms. The second-order valence-electron chi connectivity index (χ2n) is 3.07. The second kappa shape index (κ2) is 4.43. The molecule has 0 saturated heterocycles. The topological polar surface area (TPSA) is 12.0 Å². The molecule has 1 heterocycles. The van der Waals surface area contributed by atoms with Gasteiger partial charge in [0.1, 0.15) is 0 Å². The third-order valence-corrected chi connectivity index (χ3v) is 2.41. The van der Waals surface area contributed by atoms with E-state index in [9.17, 15) is 0 Å². The van der Waals surface area contributed by atoms with Gasteiger partial charge in [-0.2, -0.15) is 11.3 Å². The number of nitrogens with one attached hydrogen (secondary N) is 1. The summed E-state index contributed by atoms with van der Waals surface area (Å²) < 4.78 is 0. The molecule has 1 N–H and O–H groups in total. The fourth-order valence-electron chi connectivity index (χ4n) is 1.13. The number of thiophene rings is 1. The van der Waals surface area contributed by atoms with Crippen LogP contribution in [0, 0.1) is 0 Å². The quantitative estimate of drug-likeness (QED) is 0.707. The Bertz CT molecular complexity index is 245. The summed E-state index contributed by atoms with van der Waals surface area (Å²) in [6.45, 7) is 4.24. The Kier molecular flexibility index (Phi) is 3.50. The minimum Gasteiger partial charge on any atom is -0.310 e. The summed E-state index contributed by atoms with van der Waals surface area (Å²) in [4.78, 5) is 0. The highest BCUT2D eigenvalue weighted by Gasteiger charge is 2.04. The van der Waals surface area contributed by atoms with Gasteiger partial charge in [-0.05, 0) is 43.3 Å². The van der Waals surface area contributed by atoms with Gasteiger partial charge in [-0.25, -0.2) is 0 Å². The van der Waals surface area contributed by atoms with Gasteiger partial charge in [-0.1, -0.05) is 11.6 Å². The molecule has 1 atom stereocenters. The zero-order chi connectivity index (χ0) is 8.97. The molecule has 0 aliphatic heterocycles. The molecule has 1 nitrogen and oxygen atoms in total. The Morgan fingerprint density at radius 2 is 2.33 bits per heavy atom. The first-order valence-corrected chi connectivity index (χ1v) is 5.02. The summed E-state index contributed by atoms with van der Waals surface area (Å²) in [5.74, 6) is 0. The van der Waals surface area contributed by atoms with E-state index in [0.29, 0.717) is 6.04 Å². The maximum Gasteiger partial charge on any atom is 0.0514 e. The average molecular weight is 181 g/mol. The summed E-state index contributed by atoms with van der Waals surface area (Å²) >= 11 is 1.74.